The number of piperidine rings is 1. The number of nitrogens with zero attached hydrogens (tertiary/aromatic N) is 1. The second-order valence-corrected chi connectivity index (χ2v) is 6.76. The lowest BCUT2D eigenvalue weighted by Gasteiger charge is -2.36. The summed E-state index contributed by atoms with van der Waals surface area (Å²) < 4.78 is 5.96. The van der Waals surface area contributed by atoms with Gasteiger partial charge in [0, 0.05) is 19.2 Å². The third-order valence-corrected chi connectivity index (χ3v) is 4.52. The van der Waals surface area contributed by atoms with Gasteiger partial charge in [-0.3, -0.25) is 0 Å². The van der Waals surface area contributed by atoms with E-state index < -0.39 is 6.23 Å². The summed E-state index contributed by atoms with van der Waals surface area (Å²) in [6.07, 6.45) is 3.32. The van der Waals surface area contributed by atoms with Gasteiger partial charge in [0.05, 0.1) is 0 Å². The van der Waals surface area contributed by atoms with Gasteiger partial charge in [0.25, 0.3) is 0 Å². The number of ether oxygens (including phenoxy) is 1. The maximum absolute atomic E-state index is 12.6. The van der Waals surface area contributed by atoms with Gasteiger partial charge in [-0.05, 0) is 50.2 Å². The molecule has 2 rings (SSSR count). The van der Waals surface area contributed by atoms with Gasteiger partial charge in [-0.15, -0.1) is 0 Å². The highest BCUT2D eigenvalue weighted by atomic mass is 16.5. The number of carbonyl (C=O) groups excluding carboxylic acids is 1. The number of benzene rings is 1. The Kier molecular flexibility index (Phi) is 6.91. The van der Waals surface area contributed by atoms with Gasteiger partial charge in [-0.25, -0.2) is 4.79 Å². The lowest BCUT2D eigenvalue weighted by atomic mass is 10.0. The van der Waals surface area contributed by atoms with Crippen molar-refractivity contribution in [1.82, 2.24) is 10.2 Å². The largest absolute Gasteiger partial charge is 0.471 e. The number of aliphatic hydroxyl groups excluding tert-OH is 1. The van der Waals surface area contributed by atoms with Crippen LogP contribution in [-0.2, 0) is 0 Å². The zero-order valence-electron chi connectivity index (χ0n) is 15.0. The number of rotatable bonds is 6. The van der Waals surface area contributed by atoms with E-state index in [0.717, 1.165) is 37.1 Å². The molecule has 2 N–H and O–H groups in total. The first-order valence-electron chi connectivity index (χ1n) is 8.96. The molecule has 2 unspecified atom stereocenters. The fourth-order valence-electron chi connectivity index (χ4n) is 3.26. The Hall–Kier alpha value is -1.75. The minimum Gasteiger partial charge on any atom is -0.471 e. The Bertz CT molecular complexity index is 531. The molecule has 1 fully saturated rings. The van der Waals surface area contributed by atoms with E-state index in [2.05, 4.69) is 25.2 Å². The monoisotopic (exact) mass is 334 g/mol. The predicted molar refractivity (Wildman–Crippen MR) is 95.2 cm³/mol. The average molecular weight is 334 g/mol. The Morgan fingerprint density at radius 3 is 2.79 bits per heavy atom. The average Bonchev–Trinajstić information content (AvgIpc) is 2.55. The molecular formula is C19H30N2O3. The molecule has 2 amide bonds. The van der Waals surface area contributed by atoms with E-state index in [-0.39, 0.29) is 18.7 Å². The smallest absolute Gasteiger partial charge is 0.320 e. The summed E-state index contributed by atoms with van der Waals surface area (Å²) in [6, 6.07) is 7.95. The highest BCUT2D eigenvalue weighted by Crippen LogP contribution is 2.26. The number of urea groups is 1. The summed E-state index contributed by atoms with van der Waals surface area (Å²) in [5, 5.41) is 12.1. The topological polar surface area (TPSA) is 61.8 Å². The molecule has 0 spiro atoms. The van der Waals surface area contributed by atoms with E-state index in [4.69, 9.17) is 4.74 Å². The van der Waals surface area contributed by atoms with Crippen LogP contribution in [0.4, 0.5) is 4.79 Å². The SMILES string of the molecule is CC(NC(=O)N1CCCCC1CCO)Oc1ccccc1C(C)C. The van der Waals surface area contributed by atoms with Crippen LogP contribution >= 0.6 is 0 Å². The Morgan fingerprint density at radius 1 is 1.33 bits per heavy atom. The van der Waals surface area contributed by atoms with Gasteiger partial charge < -0.3 is 20.1 Å². The highest BCUT2D eigenvalue weighted by Gasteiger charge is 2.27. The van der Waals surface area contributed by atoms with Crippen molar-refractivity contribution in [1.29, 1.82) is 0 Å². The van der Waals surface area contributed by atoms with Crippen LogP contribution in [0.15, 0.2) is 24.3 Å². The first-order valence-corrected chi connectivity index (χ1v) is 8.96. The number of nitrogens with one attached hydrogen (secondary N) is 1. The van der Waals surface area contributed by atoms with Gasteiger partial charge in [-0.2, -0.15) is 0 Å². The van der Waals surface area contributed by atoms with Crippen molar-refractivity contribution < 1.29 is 14.6 Å². The van der Waals surface area contributed by atoms with E-state index in [1.54, 1.807) is 0 Å². The Labute approximate surface area is 145 Å². The van der Waals surface area contributed by atoms with Gasteiger partial charge >= 0.3 is 6.03 Å². The molecule has 5 heteroatoms. The van der Waals surface area contributed by atoms with Crippen molar-refractivity contribution in [2.24, 2.45) is 0 Å². The summed E-state index contributed by atoms with van der Waals surface area (Å²) in [4.78, 5) is 14.4. The summed E-state index contributed by atoms with van der Waals surface area (Å²) in [7, 11) is 0. The third-order valence-electron chi connectivity index (χ3n) is 4.52. The van der Waals surface area contributed by atoms with Gasteiger partial charge in [0.1, 0.15) is 5.75 Å². The summed E-state index contributed by atoms with van der Waals surface area (Å²) in [6.45, 7) is 6.95. The molecule has 5 nitrogen and oxygen atoms in total. The molecule has 1 heterocycles. The molecule has 0 bridgehead atoms. The molecule has 134 valence electrons. The number of aliphatic hydroxyl groups is 1. The van der Waals surface area contributed by atoms with Gasteiger partial charge in [0.2, 0.25) is 0 Å². The molecule has 1 saturated heterocycles. The van der Waals surface area contributed by atoms with E-state index in [0.29, 0.717) is 12.3 Å². The van der Waals surface area contributed by atoms with Crippen molar-refractivity contribution in [2.45, 2.75) is 64.6 Å². The van der Waals surface area contributed by atoms with Crippen LogP contribution in [-0.4, -0.2) is 41.5 Å². The molecule has 1 aliphatic rings. The van der Waals surface area contributed by atoms with Gasteiger partial charge in [0.15, 0.2) is 6.23 Å². The number of hydrogen-bond acceptors (Lipinski definition) is 3. The molecule has 1 aromatic rings. The molecule has 0 aliphatic carbocycles. The Morgan fingerprint density at radius 2 is 2.08 bits per heavy atom. The lowest BCUT2D eigenvalue weighted by Crippen LogP contribution is -2.52. The minimum atomic E-state index is -0.408. The van der Waals surface area contributed by atoms with Crippen molar-refractivity contribution in [3.05, 3.63) is 29.8 Å². The van der Waals surface area contributed by atoms with Crippen molar-refractivity contribution in [3.8, 4) is 5.75 Å². The van der Waals surface area contributed by atoms with E-state index in [1.165, 1.54) is 0 Å². The second-order valence-electron chi connectivity index (χ2n) is 6.76. The summed E-state index contributed by atoms with van der Waals surface area (Å²) in [5.41, 5.74) is 1.13. The molecule has 0 saturated carbocycles. The number of hydrogen-bond donors (Lipinski definition) is 2. The molecule has 24 heavy (non-hydrogen) atoms. The first-order chi connectivity index (χ1) is 11.5. The highest BCUT2D eigenvalue weighted by molar-refractivity contribution is 5.74. The molecule has 0 aromatic heterocycles. The number of amides is 2. The molecular weight excluding hydrogens is 304 g/mol. The second kappa shape index (κ2) is 8.92. The summed E-state index contributed by atoms with van der Waals surface area (Å²) >= 11 is 0. The standard InChI is InChI=1S/C19H30N2O3/c1-14(2)17-9-4-5-10-18(17)24-15(3)20-19(23)21-12-7-6-8-16(21)11-13-22/h4-5,9-10,14-16,22H,6-8,11-13H2,1-3H3,(H,20,23). The first kappa shape index (κ1) is 18.6. The van der Waals surface area contributed by atoms with Crippen LogP contribution in [0.1, 0.15) is 57.9 Å². The zero-order valence-corrected chi connectivity index (χ0v) is 15.0. The van der Waals surface area contributed by atoms with E-state index >= 15 is 0 Å². The van der Waals surface area contributed by atoms with Crippen molar-refractivity contribution >= 4 is 6.03 Å². The third kappa shape index (κ3) is 4.87. The number of likely N-dealkylation sites (tertiary alicyclic amines) is 1. The number of para-hydroxylation sites is 1. The fraction of sp³-hybridized carbons (Fsp3) is 0.632. The molecule has 1 aliphatic heterocycles. The van der Waals surface area contributed by atoms with Crippen LogP contribution in [0, 0.1) is 0 Å². The van der Waals surface area contributed by atoms with Gasteiger partial charge in [-0.1, -0.05) is 32.0 Å². The normalized spacial score (nSPS) is 19.2. The molecule has 2 atom stereocenters. The van der Waals surface area contributed by atoms with E-state index in [1.807, 2.05) is 30.0 Å². The summed E-state index contributed by atoms with van der Waals surface area (Å²) in [5.74, 6) is 1.17. The maximum atomic E-state index is 12.6. The van der Waals surface area contributed by atoms with Crippen molar-refractivity contribution in [2.75, 3.05) is 13.2 Å². The molecule has 1 aromatic carbocycles. The van der Waals surface area contributed by atoms with Crippen LogP contribution in [0.2, 0.25) is 0 Å². The Balaban J connectivity index is 1.96. The fourth-order valence-corrected chi connectivity index (χ4v) is 3.26. The van der Waals surface area contributed by atoms with Crippen LogP contribution in [0.25, 0.3) is 0 Å². The van der Waals surface area contributed by atoms with E-state index in [9.17, 15) is 9.90 Å². The minimum absolute atomic E-state index is 0.109. The van der Waals surface area contributed by atoms with Crippen LogP contribution < -0.4 is 10.1 Å². The van der Waals surface area contributed by atoms with Crippen LogP contribution in [0.3, 0.4) is 0 Å². The predicted octanol–water partition coefficient (Wildman–Crippen LogP) is 3.48. The van der Waals surface area contributed by atoms with Crippen LogP contribution in [0.5, 0.6) is 5.75 Å². The number of carbonyl (C=O) groups is 1. The zero-order chi connectivity index (χ0) is 17.5. The quantitative estimate of drug-likeness (QED) is 0.783. The maximum Gasteiger partial charge on any atom is 0.320 e. The molecule has 0 radical (unpaired) electrons. The lowest BCUT2D eigenvalue weighted by molar-refractivity contribution is 0.113. The van der Waals surface area contributed by atoms with Crippen molar-refractivity contribution in [3.63, 3.8) is 0 Å².